The molecule has 1 saturated heterocycles. The molecule has 0 saturated carbocycles. The molecule has 3 heterocycles. The van der Waals surface area contributed by atoms with Gasteiger partial charge in [0.2, 0.25) is 17.7 Å². The molecule has 0 unspecified atom stereocenters. The molecule has 146 valence electrons. The molecule has 2 aliphatic heterocycles. The van der Waals surface area contributed by atoms with Crippen molar-refractivity contribution >= 4 is 39.9 Å². The van der Waals surface area contributed by atoms with Crippen LogP contribution in [0, 0.1) is 0 Å². The van der Waals surface area contributed by atoms with Gasteiger partial charge in [-0.3, -0.25) is 14.4 Å². The summed E-state index contributed by atoms with van der Waals surface area (Å²) in [6, 6.07) is 4.68. The molecule has 3 N–H and O–H groups in total. The predicted octanol–water partition coefficient (Wildman–Crippen LogP) is 1.31. The summed E-state index contributed by atoms with van der Waals surface area (Å²) in [6.45, 7) is 0.983. The molecule has 2 aromatic rings. The van der Waals surface area contributed by atoms with Crippen LogP contribution in [-0.2, 0) is 20.8 Å². The van der Waals surface area contributed by atoms with Crippen molar-refractivity contribution in [3.05, 3.63) is 29.3 Å². The molecule has 1 atom stereocenters. The Hall–Kier alpha value is -3.14. The number of benzene rings is 1. The summed E-state index contributed by atoms with van der Waals surface area (Å²) in [5.74, 6) is 0.593. The summed E-state index contributed by atoms with van der Waals surface area (Å²) in [4.78, 5) is 39.8. The van der Waals surface area contributed by atoms with Crippen LogP contribution in [0.4, 0.5) is 10.8 Å². The van der Waals surface area contributed by atoms with E-state index in [0.717, 1.165) is 0 Å². The fourth-order valence-corrected chi connectivity index (χ4v) is 3.65. The van der Waals surface area contributed by atoms with Gasteiger partial charge in [-0.1, -0.05) is 0 Å². The Morgan fingerprint density at radius 1 is 1.21 bits per heavy atom. The first kappa shape index (κ1) is 18.2. The lowest BCUT2D eigenvalue weighted by Gasteiger charge is -2.18. The van der Waals surface area contributed by atoms with E-state index in [0.29, 0.717) is 54.1 Å². The summed E-state index contributed by atoms with van der Waals surface area (Å²) < 4.78 is 11.0. The number of anilines is 2. The standard InChI is InChI=1S/C18H18N4O5S/c23-15-4-2-12(21-15)17(25)22-18-20-11(9-28-18)8-16(24)19-10-1-3-13-14(7-10)27-6-5-26-13/h1,3,7,9,12H,2,4-6,8H2,(H,19,24)(H,21,23)(H,20,22,25)/t12-/m0/s1. The SMILES string of the molecule is O=C(Cc1csc(NC(=O)[C@@H]2CCC(=O)N2)n1)Nc1ccc2c(c1)OCCO2. The van der Waals surface area contributed by atoms with Crippen LogP contribution < -0.4 is 25.4 Å². The Morgan fingerprint density at radius 3 is 2.82 bits per heavy atom. The third kappa shape index (κ3) is 4.22. The fraction of sp³-hybridized carbons (Fsp3) is 0.333. The minimum absolute atomic E-state index is 0.0704. The molecule has 1 aromatic heterocycles. The highest BCUT2D eigenvalue weighted by atomic mass is 32.1. The first-order chi connectivity index (χ1) is 13.6. The first-order valence-corrected chi connectivity index (χ1v) is 9.69. The Bertz CT molecular complexity index is 928. The second-order valence-electron chi connectivity index (χ2n) is 6.38. The molecule has 3 amide bonds. The maximum Gasteiger partial charge on any atom is 0.248 e. The molecular weight excluding hydrogens is 384 g/mol. The second kappa shape index (κ2) is 7.85. The van der Waals surface area contributed by atoms with E-state index in [1.54, 1.807) is 23.6 Å². The number of amides is 3. The quantitative estimate of drug-likeness (QED) is 0.694. The lowest BCUT2D eigenvalue weighted by atomic mass is 10.2. The normalized spacial score (nSPS) is 17.7. The van der Waals surface area contributed by atoms with Crippen LogP contribution in [0.1, 0.15) is 18.5 Å². The Labute approximate surface area is 164 Å². The lowest BCUT2D eigenvalue weighted by Crippen LogP contribution is -2.37. The first-order valence-electron chi connectivity index (χ1n) is 8.81. The zero-order valence-electron chi connectivity index (χ0n) is 14.8. The van der Waals surface area contributed by atoms with E-state index in [-0.39, 0.29) is 24.1 Å². The van der Waals surface area contributed by atoms with Crippen molar-refractivity contribution < 1.29 is 23.9 Å². The minimum atomic E-state index is -0.529. The zero-order chi connectivity index (χ0) is 19.5. The third-order valence-electron chi connectivity index (χ3n) is 4.26. The smallest absolute Gasteiger partial charge is 0.248 e. The Morgan fingerprint density at radius 2 is 2.04 bits per heavy atom. The molecule has 4 rings (SSSR count). The topological polar surface area (TPSA) is 119 Å². The second-order valence-corrected chi connectivity index (χ2v) is 7.23. The highest BCUT2D eigenvalue weighted by Crippen LogP contribution is 2.32. The van der Waals surface area contributed by atoms with E-state index in [1.165, 1.54) is 11.3 Å². The number of nitrogens with one attached hydrogen (secondary N) is 3. The molecule has 0 spiro atoms. The van der Waals surface area contributed by atoms with E-state index in [2.05, 4.69) is 20.9 Å². The number of hydrogen-bond acceptors (Lipinski definition) is 7. The molecule has 1 fully saturated rings. The van der Waals surface area contributed by atoms with Gasteiger partial charge in [0.25, 0.3) is 0 Å². The van der Waals surface area contributed by atoms with Crippen molar-refractivity contribution in [3.8, 4) is 11.5 Å². The summed E-state index contributed by atoms with van der Waals surface area (Å²) >= 11 is 1.23. The van der Waals surface area contributed by atoms with Crippen molar-refractivity contribution in [2.45, 2.75) is 25.3 Å². The fourth-order valence-electron chi connectivity index (χ4n) is 2.94. The van der Waals surface area contributed by atoms with Crippen molar-refractivity contribution in [2.75, 3.05) is 23.8 Å². The van der Waals surface area contributed by atoms with Crippen molar-refractivity contribution in [1.29, 1.82) is 0 Å². The van der Waals surface area contributed by atoms with E-state index >= 15 is 0 Å². The van der Waals surface area contributed by atoms with E-state index in [1.807, 2.05) is 0 Å². The monoisotopic (exact) mass is 402 g/mol. The van der Waals surface area contributed by atoms with Gasteiger partial charge in [0.05, 0.1) is 12.1 Å². The average Bonchev–Trinajstić information content (AvgIpc) is 3.30. The number of carbonyl (C=O) groups excluding carboxylic acids is 3. The molecule has 0 radical (unpaired) electrons. The van der Waals surface area contributed by atoms with Gasteiger partial charge in [0.15, 0.2) is 16.6 Å². The molecular formula is C18H18N4O5S. The molecule has 28 heavy (non-hydrogen) atoms. The largest absolute Gasteiger partial charge is 0.486 e. The molecule has 0 aliphatic carbocycles. The number of carbonyl (C=O) groups is 3. The third-order valence-corrected chi connectivity index (χ3v) is 5.07. The summed E-state index contributed by atoms with van der Waals surface area (Å²) in [6.07, 6.45) is 0.892. The van der Waals surface area contributed by atoms with Crippen LogP contribution in [0.2, 0.25) is 0 Å². The Kier molecular flexibility index (Phi) is 5.11. The summed E-state index contributed by atoms with van der Waals surface area (Å²) in [7, 11) is 0. The van der Waals surface area contributed by atoms with E-state index in [9.17, 15) is 14.4 Å². The van der Waals surface area contributed by atoms with Gasteiger partial charge >= 0.3 is 0 Å². The van der Waals surface area contributed by atoms with E-state index < -0.39 is 6.04 Å². The van der Waals surface area contributed by atoms with Crippen LogP contribution in [0.5, 0.6) is 11.5 Å². The zero-order valence-corrected chi connectivity index (χ0v) is 15.6. The molecule has 0 bridgehead atoms. The lowest BCUT2D eigenvalue weighted by molar-refractivity contribution is -0.122. The van der Waals surface area contributed by atoms with Gasteiger partial charge in [-0.25, -0.2) is 4.98 Å². The molecule has 1 aromatic carbocycles. The van der Waals surface area contributed by atoms with Gasteiger partial charge in [0, 0.05) is 23.6 Å². The average molecular weight is 402 g/mol. The number of fused-ring (bicyclic) bond motifs is 1. The van der Waals surface area contributed by atoms with E-state index in [4.69, 9.17) is 9.47 Å². The van der Waals surface area contributed by atoms with Crippen LogP contribution >= 0.6 is 11.3 Å². The molecule has 2 aliphatic rings. The van der Waals surface area contributed by atoms with Crippen LogP contribution in [-0.4, -0.2) is 42.0 Å². The highest BCUT2D eigenvalue weighted by molar-refractivity contribution is 7.13. The predicted molar refractivity (Wildman–Crippen MR) is 102 cm³/mol. The van der Waals surface area contributed by atoms with Crippen molar-refractivity contribution in [3.63, 3.8) is 0 Å². The van der Waals surface area contributed by atoms with Gasteiger partial charge in [-0.05, 0) is 18.6 Å². The maximum atomic E-state index is 12.3. The molecule has 9 nitrogen and oxygen atoms in total. The number of aromatic nitrogens is 1. The number of hydrogen-bond donors (Lipinski definition) is 3. The minimum Gasteiger partial charge on any atom is -0.486 e. The van der Waals surface area contributed by atoms with Crippen molar-refractivity contribution in [1.82, 2.24) is 10.3 Å². The van der Waals surface area contributed by atoms with Gasteiger partial charge < -0.3 is 25.4 Å². The highest BCUT2D eigenvalue weighted by Gasteiger charge is 2.27. The number of thiazole rings is 1. The summed E-state index contributed by atoms with van der Waals surface area (Å²) in [5.41, 5.74) is 1.15. The maximum absolute atomic E-state index is 12.3. The van der Waals surface area contributed by atoms with Crippen LogP contribution in [0.15, 0.2) is 23.6 Å². The van der Waals surface area contributed by atoms with Gasteiger partial charge in [-0.2, -0.15) is 0 Å². The number of rotatable bonds is 5. The number of nitrogens with zero attached hydrogens (tertiary/aromatic N) is 1. The van der Waals surface area contributed by atoms with Crippen LogP contribution in [0.25, 0.3) is 0 Å². The Balaban J connectivity index is 1.31. The van der Waals surface area contributed by atoms with Crippen molar-refractivity contribution in [2.24, 2.45) is 0 Å². The molecule has 10 heteroatoms. The summed E-state index contributed by atoms with van der Waals surface area (Å²) in [5, 5.41) is 10.2. The van der Waals surface area contributed by atoms with Gasteiger partial charge in [-0.15, -0.1) is 11.3 Å². The number of ether oxygens (including phenoxy) is 2. The van der Waals surface area contributed by atoms with Crippen LogP contribution in [0.3, 0.4) is 0 Å². The van der Waals surface area contributed by atoms with Gasteiger partial charge in [0.1, 0.15) is 19.3 Å².